The zero-order valence-electron chi connectivity index (χ0n) is 8.49. The van der Waals surface area contributed by atoms with Gasteiger partial charge >= 0.3 is 5.97 Å². The Labute approximate surface area is 116 Å². The monoisotopic (exact) mass is 398 g/mol. The van der Waals surface area contributed by atoms with Crippen molar-refractivity contribution in [1.29, 1.82) is 0 Å². The Balaban J connectivity index is 2.98. The van der Waals surface area contributed by atoms with Gasteiger partial charge in [-0.05, 0) is 41.0 Å². The highest BCUT2D eigenvalue weighted by atomic mass is 127. The van der Waals surface area contributed by atoms with Crippen LogP contribution in [0.5, 0.6) is 0 Å². The van der Waals surface area contributed by atoms with Gasteiger partial charge in [0.05, 0.1) is 0 Å². The number of hydrogen-bond acceptors (Lipinski definition) is 2. The maximum atomic E-state index is 10.7. The van der Waals surface area contributed by atoms with Crippen LogP contribution in [0.25, 0.3) is 0 Å². The SMILES string of the molecule is O=C(O)C(O)c1cccc(CCCBr)c1I. The van der Waals surface area contributed by atoms with Gasteiger partial charge in [-0.15, -0.1) is 0 Å². The summed E-state index contributed by atoms with van der Waals surface area (Å²) in [5.41, 5.74) is 1.55. The van der Waals surface area contributed by atoms with E-state index < -0.39 is 12.1 Å². The van der Waals surface area contributed by atoms with Gasteiger partial charge in [-0.3, -0.25) is 0 Å². The summed E-state index contributed by atoms with van der Waals surface area (Å²) in [5, 5.41) is 19.2. The minimum absolute atomic E-state index is 0.472. The predicted molar refractivity (Wildman–Crippen MR) is 73.9 cm³/mol. The van der Waals surface area contributed by atoms with E-state index in [4.69, 9.17) is 5.11 Å². The van der Waals surface area contributed by atoms with Crippen LogP contribution < -0.4 is 0 Å². The lowest BCUT2D eigenvalue weighted by atomic mass is 10.0. The number of hydrogen-bond donors (Lipinski definition) is 2. The molecule has 3 nitrogen and oxygen atoms in total. The van der Waals surface area contributed by atoms with Crippen LogP contribution in [0.2, 0.25) is 0 Å². The zero-order chi connectivity index (χ0) is 12.1. The molecule has 0 saturated heterocycles. The number of halogens is 2. The molecule has 1 unspecified atom stereocenters. The van der Waals surface area contributed by atoms with Crippen LogP contribution in [0.1, 0.15) is 23.7 Å². The third kappa shape index (κ3) is 3.43. The molecule has 0 amide bonds. The van der Waals surface area contributed by atoms with Crippen molar-refractivity contribution in [3.8, 4) is 0 Å². The number of alkyl halides is 1. The first-order valence-corrected chi connectivity index (χ1v) is 7.02. The van der Waals surface area contributed by atoms with Gasteiger partial charge in [0.25, 0.3) is 0 Å². The van der Waals surface area contributed by atoms with E-state index in [-0.39, 0.29) is 0 Å². The molecule has 0 bridgehead atoms. The van der Waals surface area contributed by atoms with Gasteiger partial charge < -0.3 is 10.2 Å². The second kappa shape index (κ2) is 6.56. The molecule has 5 heteroatoms. The van der Waals surface area contributed by atoms with Crippen molar-refractivity contribution < 1.29 is 15.0 Å². The van der Waals surface area contributed by atoms with E-state index in [9.17, 15) is 9.90 Å². The summed E-state index contributed by atoms with van der Waals surface area (Å²) in [6.07, 6.45) is 0.433. The van der Waals surface area contributed by atoms with Gasteiger partial charge in [0.2, 0.25) is 0 Å². The van der Waals surface area contributed by atoms with Crippen molar-refractivity contribution in [1.82, 2.24) is 0 Å². The minimum atomic E-state index is -1.43. The van der Waals surface area contributed by atoms with Crippen LogP contribution in [0, 0.1) is 3.57 Å². The lowest BCUT2D eigenvalue weighted by molar-refractivity contribution is -0.147. The number of rotatable bonds is 5. The molecule has 1 aromatic carbocycles. The molecule has 0 spiro atoms. The third-order valence-corrected chi connectivity index (χ3v) is 4.09. The summed E-state index contributed by atoms with van der Waals surface area (Å²) in [4.78, 5) is 10.7. The molecule has 0 aromatic heterocycles. The van der Waals surface area contributed by atoms with E-state index >= 15 is 0 Å². The summed E-state index contributed by atoms with van der Waals surface area (Å²) in [6.45, 7) is 0. The number of carbonyl (C=O) groups is 1. The van der Waals surface area contributed by atoms with Gasteiger partial charge in [-0.25, -0.2) is 4.79 Å². The number of carboxylic acid groups (broad SMARTS) is 1. The average molecular weight is 399 g/mol. The Morgan fingerprint density at radius 3 is 2.75 bits per heavy atom. The van der Waals surface area contributed by atoms with E-state index in [1.54, 1.807) is 12.1 Å². The van der Waals surface area contributed by atoms with E-state index in [0.717, 1.165) is 27.3 Å². The van der Waals surface area contributed by atoms with Crippen LogP contribution in [0.4, 0.5) is 0 Å². The molecular weight excluding hydrogens is 387 g/mol. The van der Waals surface area contributed by atoms with Gasteiger partial charge in [0.1, 0.15) is 0 Å². The first kappa shape index (κ1) is 13.9. The van der Waals surface area contributed by atoms with Crippen LogP contribution in [-0.2, 0) is 11.2 Å². The topological polar surface area (TPSA) is 57.5 Å². The highest BCUT2D eigenvalue weighted by Gasteiger charge is 2.19. The zero-order valence-corrected chi connectivity index (χ0v) is 12.2. The van der Waals surface area contributed by atoms with Crippen molar-refractivity contribution in [2.24, 2.45) is 0 Å². The third-order valence-electron chi connectivity index (χ3n) is 2.22. The molecule has 0 aliphatic carbocycles. The van der Waals surface area contributed by atoms with Gasteiger partial charge in [-0.2, -0.15) is 0 Å². The quantitative estimate of drug-likeness (QED) is 0.592. The average Bonchev–Trinajstić information content (AvgIpc) is 2.26. The normalized spacial score (nSPS) is 12.4. The maximum Gasteiger partial charge on any atom is 0.337 e. The number of carboxylic acids is 1. The fourth-order valence-electron chi connectivity index (χ4n) is 1.39. The van der Waals surface area contributed by atoms with Crippen molar-refractivity contribution in [2.45, 2.75) is 18.9 Å². The fraction of sp³-hybridized carbons (Fsp3) is 0.364. The Morgan fingerprint density at radius 1 is 1.50 bits per heavy atom. The smallest absolute Gasteiger partial charge is 0.337 e. The molecule has 2 N–H and O–H groups in total. The summed E-state index contributed by atoms with van der Waals surface area (Å²) in [7, 11) is 0. The molecule has 0 fully saturated rings. The lowest BCUT2D eigenvalue weighted by Crippen LogP contribution is -2.12. The van der Waals surface area contributed by atoms with Gasteiger partial charge in [0, 0.05) is 14.5 Å². The molecule has 0 aliphatic heterocycles. The molecule has 16 heavy (non-hydrogen) atoms. The van der Waals surface area contributed by atoms with Crippen molar-refractivity contribution in [2.75, 3.05) is 5.33 Å². The summed E-state index contributed by atoms with van der Waals surface area (Å²) in [6, 6.07) is 5.40. The molecule has 0 radical (unpaired) electrons. The second-order valence-corrected chi connectivity index (χ2v) is 5.23. The predicted octanol–water partition coefficient (Wildman–Crippen LogP) is 2.74. The van der Waals surface area contributed by atoms with Crippen molar-refractivity contribution >= 4 is 44.5 Å². The molecular formula is C11H12BrIO3. The van der Waals surface area contributed by atoms with E-state index in [1.807, 2.05) is 6.07 Å². The number of aryl methyl sites for hydroxylation is 1. The lowest BCUT2D eigenvalue weighted by Gasteiger charge is -2.12. The Morgan fingerprint density at radius 2 is 2.19 bits per heavy atom. The van der Waals surface area contributed by atoms with Gasteiger partial charge in [-0.1, -0.05) is 34.1 Å². The summed E-state index contributed by atoms with van der Waals surface area (Å²) in [5.74, 6) is -1.21. The van der Waals surface area contributed by atoms with Crippen molar-refractivity contribution in [3.05, 3.63) is 32.9 Å². The number of aliphatic carboxylic acids is 1. The van der Waals surface area contributed by atoms with Crippen LogP contribution >= 0.6 is 38.5 Å². The second-order valence-electron chi connectivity index (χ2n) is 3.35. The minimum Gasteiger partial charge on any atom is -0.479 e. The molecule has 0 heterocycles. The molecule has 0 aliphatic rings. The first-order valence-electron chi connectivity index (χ1n) is 4.82. The fourth-order valence-corrected chi connectivity index (χ4v) is 2.60. The maximum absolute atomic E-state index is 10.7. The largest absolute Gasteiger partial charge is 0.479 e. The van der Waals surface area contributed by atoms with Crippen LogP contribution in [0.15, 0.2) is 18.2 Å². The van der Waals surface area contributed by atoms with E-state index in [2.05, 4.69) is 38.5 Å². The van der Waals surface area contributed by atoms with E-state index in [0.29, 0.717) is 5.56 Å². The standard InChI is InChI=1S/C11H12BrIO3/c12-6-2-4-7-3-1-5-8(9(7)13)10(14)11(15)16/h1,3,5,10,14H,2,4,6H2,(H,15,16). The Bertz CT molecular complexity index is 381. The van der Waals surface area contributed by atoms with E-state index in [1.165, 1.54) is 0 Å². The molecule has 88 valence electrons. The molecule has 1 rings (SSSR count). The first-order chi connectivity index (χ1) is 7.57. The highest BCUT2D eigenvalue weighted by Crippen LogP contribution is 2.24. The Hall–Kier alpha value is -0.140. The summed E-state index contributed by atoms with van der Waals surface area (Å²) < 4.78 is 0.843. The molecule has 0 saturated carbocycles. The van der Waals surface area contributed by atoms with Crippen molar-refractivity contribution in [3.63, 3.8) is 0 Å². The number of benzene rings is 1. The molecule has 1 aromatic rings. The Kier molecular flexibility index (Phi) is 5.71. The van der Waals surface area contributed by atoms with Gasteiger partial charge in [0.15, 0.2) is 6.10 Å². The summed E-state index contributed by atoms with van der Waals surface area (Å²) >= 11 is 5.45. The number of aliphatic hydroxyl groups is 1. The number of aliphatic hydroxyl groups excluding tert-OH is 1. The molecule has 1 atom stereocenters. The van der Waals surface area contributed by atoms with Crippen LogP contribution in [0.3, 0.4) is 0 Å². The van der Waals surface area contributed by atoms with Crippen LogP contribution in [-0.4, -0.2) is 21.5 Å². The highest BCUT2D eigenvalue weighted by molar-refractivity contribution is 14.1.